The molecule has 0 radical (unpaired) electrons. The van der Waals surface area contributed by atoms with Crippen molar-refractivity contribution in [2.24, 2.45) is 17.4 Å². The number of aliphatic carboxylic acids is 3. The molecule has 0 aromatic rings. The van der Waals surface area contributed by atoms with E-state index in [2.05, 4.69) is 0 Å². The molecule has 0 aromatic carbocycles. The number of carbonyl (C=O) groups excluding carboxylic acids is 1. The van der Waals surface area contributed by atoms with Gasteiger partial charge in [0.15, 0.2) is 5.60 Å². The van der Waals surface area contributed by atoms with Gasteiger partial charge in [0, 0.05) is 37.6 Å². The summed E-state index contributed by atoms with van der Waals surface area (Å²) in [4.78, 5) is 46.7. The summed E-state index contributed by atoms with van der Waals surface area (Å²) in [6.45, 7) is 1.09. The van der Waals surface area contributed by atoms with Gasteiger partial charge in [0.05, 0.1) is 12.8 Å². The fourth-order valence-electron chi connectivity index (χ4n) is 4.95. The lowest BCUT2D eigenvalue weighted by molar-refractivity contribution is -0.157. The van der Waals surface area contributed by atoms with Crippen LogP contribution in [-0.2, 0) is 38.7 Å². The Bertz CT molecular complexity index is 1050. The normalized spacial score (nSPS) is 27.8. The minimum atomic E-state index is -4.07. The quantitative estimate of drug-likeness (QED) is 0.161. The van der Waals surface area contributed by atoms with Crippen molar-refractivity contribution in [2.75, 3.05) is 20.1 Å². The molecular weight excluding hydrogens is 515 g/mol. The lowest BCUT2D eigenvalue weighted by Gasteiger charge is -2.32. The number of carbonyl (C=O) groups is 4. The van der Waals surface area contributed by atoms with Crippen LogP contribution < -0.4 is 11.5 Å². The van der Waals surface area contributed by atoms with Crippen molar-refractivity contribution in [2.45, 2.75) is 74.5 Å². The molecule has 1 unspecified atom stereocenters. The fraction of sp³-hybridized carbons (Fsp3) is 0.800. The predicted octanol–water partition coefficient (Wildman–Crippen LogP) is -1.71. The number of nitrogens with zero attached hydrogens (tertiary/aromatic N) is 2. The Morgan fingerprint density at radius 1 is 1.19 bits per heavy atom. The van der Waals surface area contributed by atoms with Crippen molar-refractivity contribution in [3.63, 3.8) is 0 Å². The van der Waals surface area contributed by atoms with Crippen LogP contribution in [0.5, 0.6) is 0 Å². The lowest BCUT2D eigenvalue weighted by atomic mass is 9.78. The number of nitrogens with two attached hydrogens (primary N) is 2. The third kappa shape index (κ3) is 5.75. The van der Waals surface area contributed by atoms with Crippen LogP contribution in [-0.4, -0.2) is 106 Å². The van der Waals surface area contributed by atoms with Gasteiger partial charge in [-0.25, -0.2) is 0 Å². The van der Waals surface area contributed by atoms with E-state index in [0.29, 0.717) is 12.8 Å². The molecule has 2 heterocycles. The van der Waals surface area contributed by atoms with Crippen molar-refractivity contribution in [1.82, 2.24) is 8.61 Å². The number of hydrogen-bond acceptors (Lipinski definition) is 10. The zero-order valence-corrected chi connectivity index (χ0v) is 21.5. The Kier molecular flexibility index (Phi) is 7.99. The maximum Gasteiger partial charge on any atom is 0.528 e. The molecule has 0 aromatic heterocycles. The van der Waals surface area contributed by atoms with E-state index < -0.39 is 89.2 Å². The summed E-state index contributed by atoms with van der Waals surface area (Å²) >= 11 is 0. The lowest BCUT2D eigenvalue weighted by Crippen LogP contribution is -2.56. The van der Waals surface area contributed by atoms with E-state index in [1.807, 2.05) is 0 Å². The molecule has 7 N–H and O–H groups in total. The summed E-state index contributed by atoms with van der Waals surface area (Å²) in [6.07, 6.45) is -0.135. The topological polar surface area (TPSA) is 240 Å². The molecule has 0 amide bonds. The molecule has 3 fully saturated rings. The van der Waals surface area contributed by atoms with E-state index in [9.17, 15) is 32.7 Å². The van der Waals surface area contributed by atoms with E-state index >= 15 is 0 Å². The van der Waals surface area contributed by atoms with Crippen molar-refractivity contribution in [1.29, 1.82) is 0 Å². The molecule has 15 nitrogen and oxygen atoms in total. The van der Waals surface area contributed by atoms with Gasteiger partial charge in [-0.2, -0.15) is 17.0 Å². The van der Waals surface area contributed by atoms with Crippen molar-refractivity contribution in [3.8, 4) is 0 Å². The second-order valence-corrected chi connectivity index (χ2v) is 12.3. The highest BCUT2D eigenvalue weighted by Crippen LogP contribution is 2.40. The second kappa shape index (κ2) is 10.1. The number of carboxylic acid groups (broad SMARTS) is 3. The molecule has 2 saturated heterocycles. The number of carboxylic acids is 3. The third-order valence-corrected chi connectivity index (χ3v) is 9.69. The van der Waals surface area contributed by atoms with Gasteiger partial charge < -0.3 is 36.1 Å². The zero-order chi connectivity index (χ0) is 28.0. The van der Waals surface area contributed by atoms with E-state index in [1.54, 1.807) is 6.92 Å². The highest BCUT2D eigenvalue weighted by Gasteiger charge is 2.57. The van der Waals surface area contributed by atoms with E-state index in [1.165, 1.54) is 7.05 Å². The summed E-state index contributed by atoms with van der Waals surface area (Å²) in [6, 6.07) is -0.500. The zero-order valence-electron chi connectivity index (χ0n) is 20.7. The first-order valence-electron chi connectivity index (χ1n) is 11.8. The highest BCUT2D eigenvalue weighted by atomic mass is 32.2. The molecule has 3 aliphatic rings. The number of hydrogen-bond donors (Lipinski definition) is 5. The van der Waals surface area contributed by atoms with Crippen LogP contribution in [0.2, 0.25) is 6.32 Å². The van der Waals surface area contributed by atoms with Crippen LogP contribution in [0.1, 0.15) is 45.4 Å². The molecule has 208 valence electrons. The minimum absolute atomic E-state index is 0.00168. The molecule has 0 spiro atoms. The second-order valence-electron chi connectivity index (χ2n) is 10.3. The van der Waals surface area contributed by atoms with Crippen LogP contribution in [0, 0.1) is 5.92 Å². The Labute approximate surface area is 214 Å². The largest absolute Gasteiger partial charge is 0.528 e. The van der Waals surface area contributed by atoms with Gasteiger partial charge in [0.2, 0.25) is 0 Å². The van der Waals surface area contributed by atoms with Crippen LogP contribution in [0.25, 0.3) is 0 Å². The average Bonchev–Trinajstić information content (AvgIpc) is 3.33. The number of likely N-dealkylation sites (N-methyl/N-ethyl adjacent to an activating group) is 1. The van der Waals surface area contributed by atoms with Crippen molar-refractivity contribution in [3.05, 3.63) is 0 Å². The standard InChI is InChI=1S/C20H33BN4O11S/c1-12(18(22)5-6-18)24(2)37(33,34)25-10-13(20(23,11-25)16(30)31)4-3-7-21-35-17(32)19(36-21,8-14(26)27)9-15(28)29/h12-13H,3-11,22-23H2,1-2H3,(H,26,27)(H,28,29)(H,30,31)/t12?,13-,20-/m0/s1. The first-order valence-corrected chi connectivity index (χ1v) is 13.2. The van der Waals surface area contributed by atoms with E-state index in [0.717, 1.165) is 8.61 Å². The van der Waals surface area contributed by atoms with Crippen LogP contribution in [0.15, 0.2) is 0 Å². The summed E-state index contributed by atoms with van der Waals surface area (Å²) in [7, 11) is -3.91. The van der Waals surface area contributed by atoms with Crippen LogP contribution in [0.4, 0.5) is 0 Å². The highest BCUT2D eigenvalue weighted by molar-refractivity contribution is 7.86. The van der Waals surface area contributed by atoms with E-state index in [4.69, 9.17) is 31.0 Å². The molecule has 37 heavy (non-hydrogen) atoms. The van der Waals surface area contributed by atoms with Gasteiger partial charge in [-0.3, -0.25) is 19.2 Å². The summed E-state index contributed by atoms with van der Waals surface area (Å²) < 4.78 is 39.1. The van der Waals surface area contributed by atoms with Crippen LogP contribution in [0.3, 0.4) is 0 Å². The summed E-state index contributed by atoms with van der Waals surface area (Å²) in [5, 5.41) is 28.0. The van der Waals surface area contributed by atoms with Gasteiger partial charge in [0.25, 0.3) is 10.2 Å². The molecule has 2 aliphatic heterocycles. The van der Waals surface area contributed by atoms with Crippen LogP contribution >= 0.6 is 0 Å². The smallest absolute Gasteiger partial charge is 0.507 e. The van der Waals surface area contributed by atoms with Gasteiger partial charge in [-0.15, -0.1) is 0 Å². The molecular formula is C20H33BN4O11S. The first kappa shape index (κ1) is 29.3. The Balaban J connectivity index is 1.66. The van der Waals surface area contributed by atoms with Gasteiger partial charge in [0.1, 0.15) is 5.54 Å². The molecule has 0 bridgehead atoms. The molecule has 1 aliphatic carbocycles. The van der Waals surface area contributed by atoms with Gasteiger partial charge >= 0.3 is 31.0 Å². The SMILES string of the molecule is CC(N(C)S(=O)(=O)N1C[C@H](CCCB2OC(=O)C(CC(=O)O)(CC(=O)O)O2)[C@](N)(C(=O)O)C1)C1(N)CC1. The average molecular weight is 548 g/mol. The molecule has 17 heteroatoms. The molecule has 3 atom stereocenters. The molecule has 3 rings (SSSR count). The maximum atomic E-state index is 13.2. The number of rotatable bonds is 13. The Hall–Kier alpha value is -2.31. The minimum Gasteiger partial charge on any atom is -0.507 e. The van der Waals surface area contributed by atoms with Gasteiger partial charge in [-0.1, -0.05) is 6.42 Å². The third-order valence-electron chi connectivity index (χ3n) is 7.72. The van der Waals surface area contributed by atoms with E-state index in [-0.39, 0.29) is 25.7 Å². The monoisotopic (exact) mass is 548 g/mol. The predicted molar refractivity (Wildman–Crippen MR) is 126 cm³/mol. The Morgan fingerprint density at radius 3 is 2.24 bits per heavy atom. The summed E-state index contributed by atoms with van der Waals surface area (Å²) in [5.74, 6) is -6.15. The van der Waals surface area contributed by atoms with Crippen molar-refractivity contribution >= 4 is 41.2 Å². The molecule has 1 saturated carbocycles. The first-order chi connectivity index (χ1) is 17.0. The maximum absolute atomic E-state index is 13.2. The summed E-state index contributed by atoms with van der Waals surface area (Å²) in [5.41, 5.74) is 7.69. The Morgan fingerprint density at radius 2 is 1.76 bits per heavy atom. The van der Waals surface area contributed by atoms with Gasteiger partial charge in [-0.05, 0) is 32.5 Å². The van der Waals surface area contributed by atoms with Crippen molar-refractivity contribution < 1.29 is 52.2 Å². The fourth-order valence-corrected chi connectivity index (χ4v) is 6.66.